The highest BCUT2D eigenvalue weighted by atomic mass is 16.6. The van der Waals surface area contributed by atoms with Gasteiger partial charge in [-0.3, -0.25) is 4.79 Å². The fraction of sp³-hybridized carbons (Fsp3) is 0.882. The van der Waals surface area contributed by atoms with Crippen LogP contribution in [0.15, 0.2) is 0 Å². The molecule has 1 aliphatic carbocycles. The van der Waals surface area contributed by atoms with Crippen molar-refractivity contribution in [1.82, 2.24) is 5.32 Å². The zero-order valence-corrected chi connectivity index (χ0v) is 14.4. The van der Waals surface area contributed by atoms with E-state index in [2.05, 4.69) is 5.32 Å². The highest BCUT2D eigenvalue weighted by Crippen LogP contribution is 2.28. The summed E-state index contributed by atoms with van der Waals surface area (Å²) in [6, 6.07) is -0.0143. The molecule has 0 aromatic rings. The second-order valence-electron chi connectivity index (χ2n) is 6.99. The lowest BCUT2D eigenvalue weighted by Crippen LogP contribution is -2.44. The number of alkyl carbamates (subject to hydrolysis) is 1. The fourth-order valence-corrected chi connectivity index (χ4v) is 2.93. The number of esters is 1. The molecular weight excluding hydrogens is 282 g/mol. The second-order valence-corrected chi connectivity index (χ2v) is 6.99. The molecule has 0 spiro atoms. The number of nitrogens with one attached hydrogen (secondary N) is 1. The van der Waals surface area contributed by atoms with Crippen LogP contribution < -0.4 is 5.32 Å². The molecule has 1 fully saturated rings. The summed E-state index contributed by atoms with van der Waals surface area (Å²) < 4.78 is 10.3. The highest BCUT2D eigenvalue weighted by molar-refractivity contribution is 5.70. The summed E-state index contributed by atoms with van der Waals surface area (Å²) in [6.07, 6.45) is 6.40. The maximum Gasteiger partial charge on any atom is 0.407 e. The average Bonchev–Trinajstić information content (AvgIpc) is 2.42. The van der Waals surface area contributed by atoms with Crippen LogP contribution in [0.25, 0.3) is 0 Å². The van der Waals surface area contributed by atoms with Crippen molar-refractivity contribution in [3.8, 4) is 0 Å². The molecule has 0 aliphatic heterocycles. The predicted octanol–water partition coefficient (Wildman–Crippen LogP) is 3.80. The Morgan fingerprint density at radius 3 is 2.36 bits per heavy atom. The minimum atomic E-state index is -0.512. The molecule has 128 valence electrons. The van der Waals surface area contributed by atoms with Gasteiger partial charge in [-0.15, -0.1) is 0 Å². The van der Waals surface area contributed by atoms with Crippen LogP contribution in [0.1, 0.15) is 72.6 Å². The third-order valence-electron chi connectivity index (χ3n) is 3.89. The quantitative estimate of drug-likeness (QED) is 0.757. The molecule has 0 aromatic heterocycles. The zero-order valence-electron chi connectivity index (χ0n) is 14.4. The van der Waals surface area contributed by atoms with Crippen molar-refractivity contribution in [3.63, 3.8) is 0 Å². The van der Waals surface area contributed by atoms with Crippen LogP contribution in [-0.4, -0.2) is 30.3 Å². The van der Waals surface area contributed by atoms with E-state index in [4.69, 9.17) is 9.47 Å². The Bertz CT molecular complexity index is 356. The van der Waals surface area contributed by atoms with Crippen molar-refractivity contribution >= 4 is 12.1 Å². The van der Waals surface area contributed by atoms with Crippen LogP contribution >= 0.6 is 0 Å². The largest absolute Gasteiger partial charge is 0.466 e. The predicted molar refractivity (Wildman–Crippen MR) is 85.6 cm³/mol. The van der Waals surface area contributed by atoms with Gasteiger partial charge in [0, 0.05) is 12.5 Å². The molecule has 0 radical (unpaired) electrons. The van der Waals surface area contributed by atoms with Gasteiger partial charge >= 0.3 is 12.1 Å². The summed E-state index contributed by atoms with van der Waals surface area (Å²) in [5.74, 6) is 0.227. The number of carbonyl (C=O) groups is 2. The molecule has 0 aromatic carbocycles. The normalized spacial score (nSPS) is 17.6. The summed E-state index contributed by atoms with van der Waals surface area (Å²) in [6.45, 7) is 7.74. The third-order valence-corrected chi connectivity index (χ3v) is 3.89. The molecule has 1 atom stereocenters. The summed E-state index contributed by atoms with van der Waals surface area (Å²) in [5.41, 5.74) is -0.512. The van der Waals surface area contributed by atoms with E-state index in [1.807, 2.05) is 20.8 Å². The van der Waals surface area contributed by atoms with Gasteiger partial charge in [0.1, 0.15) is 5.60 Å². The Morgan fingerprint density at radius 2 is 1.82 bits per heavy atom. The van der Waals surface area contributed by atoms with Gasteiger partial charge in [-0.1, -0.05) is 19.3 Å². The topological polar surface area (TPSA) is 64.6 Å². The summed E-state index contributed by atoms with van der Waals surface area (Å²) in [5, 5.41) is 2.97. The van der Waals surface area contributed by atoms with E-state index in [1.165, 1.54) is 19.3 Å². The van der Waals surface area contributed by atoms with E-state index in [-0.39, 0.29) is 12.0 Å². The van der Waals surface area contributed by atoms with Gasteiger partial charge in [-0.25, -0.2) is 4.79 Å². The Morgan fingerprint density at radius 1 is 1.18 bits per heavy atom. The Kier molecular flexibility index (Phi) is 7.69. The van der Waals surface area contributed by atoms with Gasteiger partial charge in [-0.2, -0.15) is 0 Å². The lowest BCUT2D eigenvalue weighted by molar-refractivity contribution is -0.143. The van der Waals surface area contributed by atoms with Crippen LogP contribution in [0.5, 0.6) is 0 Å². The third kappa shape index (κ3) is 7.66. The number of carbonyl (C=O) groups excluding carboxylic acids is 2. The molecule has 1 aliphatic rings. The molecule has 1 saturated carbocycles. The minimum Gasteiger partial charge on any atom is -0.466 e. The number of ether oxygens (including phenoxy) is 2. The van der Waals surface area contributed by atoms with Crippen molar-refractivity contribution in [3.05, 3.63) is 0 Å². The van der Waals surface area contributed by atoms with E-state index in [1.54, 1.807) is 6.92 Å². The monoisotopic (exact) mass is 313 g/mol. The average molecular weight is 313 g/mol. The van der Waals surface area contributed by atoms with Crippen LogP contribution in [0.2, 0.25) is 0 Å². The van der Waals surface area contributed by atoms with Crippen molar-refractivity contribution in [2.45, 2.75) is 84.3 Å². The molecule has 1 amide bonds. The molecule has 22 heavy (non-hydrogen) atoms. The number of amides is 1. The smallest absolute Gasteiger partial charge is 0.407 e. The fourth-order valence-electron chi connectivity index (χ4n) is 2.93. The molecule has 5 heteroatoms. The summed E-state index contributed by atoms with van der Waals surface area (Å²) >= 11 is 0. The van der Waals surface area contributed by atoms with E-state index in [9.17, 15) is 9.59 Å². The van der Waals surface area contributed by atoms with E-state index in [0.29, 0.717) is 25.4 Å². The van der Waals surface area contributed by atoms with Crippen molar-refractivity contribution in [2.75, 3.05) is 6.61 Å². The SMILES string of the molecule is CCOC(=O)CC[C@H](NC(=O)OC(C)(C)C)C1CCCCC1. The Labute approximate surface area is 134 Å². The van der Waals surface area contributed by atoms with Gasteiger partial charge in [-0.05, 0) is 52.9 Å². The van der Waals surface area contributed by atoms with Crippen LogP contribution in [0.4, 0.5) is 4.79 Å². The lowest BCUT2D eigenvalue weighted by Gasteiger charge is -2.31. The summed E-state index contributed by atoms with van der Waals surface area (Å²) in [4.78, 5) is 23.6. The first-order chi connectivity index (χ1) is 10.3. The molecule has 1 rings (SSSR count). The second kappa shape index (κ2) is 9.01. The first-order valence-corrected chi connectivity index (χ1v) is 8.47. The first-order valence-electron chi connectivity index (χ1n) is 8.47. The molecule has 5 nitrogen and oxygen atoms in total. The van der Waals surface area contributed by atoms with Gasteiger partial charge in [0.2, 0.25) is 0 Å². The number of rotatable bonds is 6. The molecule has 0 heterocycles. The Balaban J connectivity index is 2.56. The van der Waals surface area contributed by atoms with E-state index >= 15 is 0 Å². The molecule has 0 unspecified atom stereocenters. The van der Waals surface area contributed by atoms with Gasteiger partial charge < -0.3 is 14.8 Å². The molecule has 0 saturated heterocycles. The molecule has 1 N–H and O–H groups in total. The Hall–Kier alpha value is -1.26. The van der Waals surface area contributed by atoms with Crippen LogP contribution in [0.3, 0.4) is 0 Å². The summed E-state index contributed by atoms with van der Waals surface area (Å²) in [7, 11) is 0. The zero-order chi connectivity index (χ0) is 16.6. The molecule has 0 bridgehead atoms. The number of hydrogen-bond donors (Lipinski definition) is 1. The van der Waals surface area contributed by atoms with Gasteiger partial charge in [0.05, 0.1) is 6.61 Å². The highest BCUT2D eigenvalue weighted by Gasteiger charge is 2.27. The first kappa shape index (κ1) is 18.8. The van der Waals surface area contributed by atoms with Crippen molar-refractivity contribution in [2.24, 2.45) is 5.92 Å². The van der Waals surface area contributed by atoms with Crippen molar-refractivity contribution in [1.29, 1.82) is 0 Å². The van der Waals surface area contributed by atoms with Gasteiger partial charge in [0.25, 0.3) is 0 Å². The van der Waals surface area contributed by atoms with E-state index in [0.717, 1.165) is 12.8 Å². The maximum absolute atomic E-state index is 12.0. The maximum atomic E-state index is 12.0. The standard InChI is InChI=1S/C17H31NO4/c1-5-21-15(19)12-11-14(13-9-7-6-8-10-13)18-16(20)22-17(2,3)4/h13-14H,5-12H2,1-4H3,(H,18,20)/t14-/m0/s1. The van der Waals surface area contributed by atoms with Crippen LogP contribution in [0, 0.1) is 5.92 Å². The van der Waals surface area contributed by atoms with E-state index < -0.39 is 11.7 Å². The van der Waals surface area contributed by atoms with Crippen molar-refractivity contribution < 1.29 is 19.1 Å². The number of hydrogen-bond acceptors (Lipinski definition) is 4. The lowest BCUT2D eigenvalue weighted by atomic mass is 9.82. The van der Waals surface area contributed by atoms with Gasteiger partial charge in [0.15, 0.2) is 0 Å². The van der Waals surface area contributed by atoms with Crippen LogP contribution in [-0.2, 0) is 14.3 Å². The minimum absolute atomic E-state index is 0.0143. The molecular formula is C17H31NO4.